The third-order valence-electron chi connectivity index (χ3n) is 3.57. The van der Waals surface area contributed by atoms with Gasteiger partial charge in [0.2, 0.25) is 0 Å². The Kier molecular flexibility index (Phi) is 1.62. The summed E-state index contributed by atoms with van der Waals surface area (Å²) in [6, 6.07) is 0. The van der Waals surface area contributed by atoms with Crippen molar-refractivity contribution in [1.82, 2.24) is 0 Å². The maximum absolute atomic E-state index is 11.6. The summed E-state index contributed by atoms with van der Waals surface area (Å²) in [6.07, 6.45) is 5.55. The third kappa shape index (κ3) is 0.816. The Bertz CT molecular complexity index is 244. The van der Waals surface area contributed by atoms with Crippen LogP contribution in [0.5, 0.6) is 0 Å². The second-order valence-corrected chi connectivity index (χ2v) is 4.01. The van der Waals surface area contributed by atoms with E-state index in [9.17, 15) is 4.79 Å². The number of aliphatic hydroxyl groups is 1. The number of ketones is 1. The van der Waals surface area contributed by atoms with Crippen LogP contribution in [-0.2, 0) is 4.79 Å². The van der Waals surface area contributed by atoms with Crippen LogP contribution in [0.25, 0.3) is 0 Å². The molecule has 0 spiro atoms. The Labute approximate surface area is 72.3 Å². The average Bonchev–Trinajstić information content (AvgIpc) is 2.67. The van der Waals surface area contributed by atoms with E-state index in [1.54, 1.807) is 0 Å². The molecule has 0 saturated heterocycles. The van der Waals surface area contributed by atoms with Crippen molar-refractivity contribution in [1.29, 1.82) is 0 Å². The summed E-state index contributed by atoms with van der Waals surface area (Å²) < 4.78 is 0. The van der Waals surface area contributed by atoms with Gasteiger partial charge >= 0.3 is 0 Å². The van der Waals surface area contributed by atoms with Crippen molar-refractivity contribution in [2.75, 3.05) is 6.61 Å². The zero-order chi connectivity index (χ0) is 8.77. The van der Waals surface area contributed by atoms with E-state index < -0.39 is 0 Å². The van der Waals surface area contributed by atoms with Crippen LogP contribution in [0.4, 0.5) is 0 Å². The Morgan fingerprint density at radius 2 is 2.42 bits per heavy atom. The van der Waals surface area contributed by atoms with Crippen LogP contribution in [0.3, 0.4) is 0 Å². The number of hydrogen-bond acceptors (Lipinski definition) is 2. The first-order chi connectivity index (χ1) is 5.71. The Morgan fingerprint density at radius 1 is 1.67 bits per heavy atom. The van der Waals surface area contributed by atoms with E-state index in [-0.39, 0.29) is 17.9 Å². The van der Waals surface area contributed by atoms with Crippen LogP contribution in [0.2, 0.25) is 0 Å². The van der Waals surface area contributed by atoms with Crippen LogP contribution in [0.1, 0.15) is 19.8 Å². The monoisotopic (exact) mass is 166 g/mol. The first-order valence-corrected chi connectivity index (χ1v) is 4.50. The van der Waals surface area contributed by atoms with Gasteiger partial charge in [-0.1, -0.05) is 19.1 Å². The fourth-order valence-electron chi connectivity index (χ4n) is 2.49. The lowest BCUT2D eigenvalue weighted by Crippen LogP contribution is -2.15. The summed E-state index contributed by atoms with van der Waals surface area (Å²) in [5.41, 5.74) is -0.196. The van der Waals surface area contributed by atoms with Gasteiger partial charge in [0, 0.05) is 18.4 Å². The Balaban J connectivity index is 2.22. The van der Waals surface area contributed by atoms with E-state index in [1.165, 1.54) is 0 Å². The van der Waals surface area contributed by atoms with Crippen molar-refractivity contribution < 1.29 is 9.90 Å². The second kappa shape index (κ2) is 2.43. The largest absolute Gasteiger partial charge is 0.396 e. The molecule has 0 amide bonds. The molecule has 0 aromatic carbocycles. The number of carbonyl (C=O) groups excluding carboxylic acids is 1. The molecule has 1 fully saturated rings. The first-order valence-electron chi connectivity index (χ1n) is 4.50. The molecule has 2 rings (SSSR count). The molecule has 2 aliphatic rings. The minimum absolute atomic E-state index is 0.167. The van der Waals surface area contributed by atoms with Gasteiger partial charge in [-0.05, 0) is 18.3 Å². The molecule has 3 atom stereocenters. The predicted octanol–water partition coefficient (Wildman–Crippen LogP) is 1.15. The fraction of sp³-hybridized carbons (Fsp3) is 0.700. The molecule has 2 nitrogen and oxygen atoms in total. The highest BCUT2D eigenvalue weighted by Crippen LogP contribution is 2.61. The molecule has 0 aromatic rings. The van der Waals surface area contributed by atoms with Gasteiger partial charge in [0.15, 0.2) is 0 Å². The highest BCUT2D eigenvalue weighted by Gasteiger charge is 2.64. The average molecular weight is 166 g/mol. The summed E-state index contributed by atoms with van der Waals surface area (Å²) in [5, 5.41) is 9.04. The van der Waals surface area contributed by atoms with Gasteiger partial charge in [-0.25, -0.2) is 0 Å². The fourth-order valence-corrected chi connectivity index (χ4v) is 2.49. The van der Waals surface area contributed by atoms with E-state index in [4.69, 9.17) is 5.11 Å². The van der Waals surface area contributed by atoms with Gasteiger partial charge in [-0.15, -0.1) is 0 Å². The van der Waals surface area contributed by atoms with Gasteiger partial charge in [0.05, 0.1) is 0 Å². The molecule has 2 aliphatic carbocycles. The summed E-state index contributed by atoms with van der Waals surface area (Å²) in [6.45, 7) is 2.16. The number of allylic oxidation sites excluding steroid dienone is 2. The van der Waals surface area contributed by atoms with Crippen LogP contribution >= 0.6 is 0 Å². The minimum atomic E-state index is -0.196. The molecule has 1 saturated carbocycles. The van der Waals surface area contributed by atoms with E-state index >= 15 is 0 Å². The molecule has 0 aromatic heterocycles. The molecule has 66 valence electrons. The standard InChI is InChI=1S/C10H14O2/c1-10-7(8(10)6-11)4-2-3-5-9(10)12/h2-3,7-8,11H,4-6H2,1H3/t7-,8-,10-/m0/s1. The van der Waals surface area contributed by atoms with Crippen molar-refractivity contribution in [2.24, 2.45) is 17.3 Å². The highest BCUT2D eigenvalue weighted by molar-refractivity contribution is 5.89. The van der Waals surface area contributed by atoms with Crippen LogP contribution in [0, 0.1) is 17.3 Å². The van der Waals surface area contributed by atoms with Crippen molar-refractivity contribution in [3.05, 3.63) is 12.2 Å². The molecular formula is C10H14O2. The van der Waals surface area contributed by atoms with Crippen LogP contribution < -0.4 is 0 Å². The quantitative estimate of drug-likeness (QED) is 0.593. The smallest absolute Gasteiger partial charge is 0.143 e. The summed E-state index contributed by atoms with van der Waals surface area (Å²) in [5.74, 6) is 0.948. The lowest BCUT2D eigenvalue weighted by Gasteiger charge is -2.06. The Morgan fingerprint density at radius 3 is 3.08 bits per heavy atom. The number of fused-ring (bicyclic) bond motifs is 1. The molecular weight excluding hydrogens is 152 g/mol. The van der Waals surface area contributed by atoms with E-state index in [1.807, 2.05) is 13.0 Å². The Hall–Kier alpha value is -0.630. The molecule has 0 heterocycles. The van der Waals surface area contributed by atoms with Gasteiger partial charge in [-0.2, -0.15) is 0 Å². The first kappa shape index (κ1) is 7.99. The normalized spacial score (nSPS) is 45.3. The third-order valence-corrected chi connectivity index (χ3v) is 3.57. The highest BCUT2D eigenvalue weighted by atomic mass is 16.3. The van der Waals surface area contributed by atoms with Gasteiger partial charge in [0.1, 0.15) is 5.78 Å². The zero-order valence-corrected chi connectivity index (χ0v) is 7.29. The van der Waals surface area contributed by atoms with Gasteiger partial charge in [-0.3, -0.25) is 4.79 Å². The molecule has 0 bridgehead atoms. The lowest BCUT2D eigenvalue weighted by atomic mass is 9.97. The predicted molar refractivity (Wildman–Crippen MR) is 45.6 cm³/mol. The number of aliphatic hydroxyl groups excluding tert-OH is 1. The number of Topliss-reactive ketones (excluding diaryl/α,β-unsaturated/α-hetero) is 1. The summed E-state index contributed by atoms with van der Waals surface area (Å²) >= 11 is 0. The van der Waals surface area contributed by atoms with Crippen molar-refractivity contribution in [3.63, 3.8) is 0 Å². The number of carbonyl (C=O) groups is 1. The molecule has 0 aliphatic heterocycles. The zero-order valence-electron chi connectivity index (χ0n) is 7.29. The van der Waals surface area contributed by atoms with Crippen molar-refractivity contribution in [3.8, 4) is 0 Å². The molecule has 0 unspecified atom stereocenters. The van der Waals surface area contributed by atoms with E-state index in [2.05, 4.69) is 6.08 Å². The van der Waals surface area contributed by atoms with Crippen LogP contribution in [0.15, 0.2) is 12.2 Å². The summed E-state index contributed by atoms with van der Waals surface area (Å²) in [4.78, 5) is 11.6. The van der Waals surface area contributed by atoms with Crippen LogP contribution in [-0.4, -0.2) is 17.5 Å². The maximum atomic E-state index is 11.6. The molecule has 2 heteroatoms. The minimum Gasteiger partial charge on any atom is -0.396 e. The van der Waals surface area contributed by atoms with E-state index in [0.717, 1.165) is 6.42 Å². The maximum Gasteiger partial charge on any atom is 0.143 e. The summed E-state index contributed by atoms with van der Waals surface area (Å²) in [7, 11) is 0. The lowest BCUT2D eigenvalue weighted by molar-refractivity contribution is -0.123. The molecule has 1 N–H and O–H groups in total. The molecule has 12 heavy (non-hydrogen) atoms. The topological polar surface area (TPSA) is 37.3 Å². The SMILES string of the molecule is C[C@]12C(=O)CC=CC[C@H]1[C@@H]2CO. The number of hydrogen-bond donors (Lipinski definition) is 1. The second-order valence-electron chi connectivity index (χ2n) is 4.01. The van der Waals surface area contributed by atoms with Crippen molar-refractivity contribution in [2.45, 2.75) is 19.8 Å². The van der Waals surface area contributed by atoms with E-state index in [0.29, 0.717) is 18.1 Å². The van der Waals surface area contributed by atoms with Crippen molar-refractivity contribution >= 4 is 5.78 Å². The molecule has 0 radical (unpaired) electrons. The number of rotatable bonds is 1. The van der Waals surface area contributed by atoms with Gasteiger partial charge in [0.25, 0.3) is 0 Å². The van der Waals surface area contributed by atoms with Gasteiger partial charge < -0.3 is 5.11 Å².